The van der Waals surface area contributed by atoms with Crippen LogP contribution in [0.5, 0.6) is 11.5 Å². The van der Waals surface area contributed by atoms with Crippen LogP contribution in [-0.2, 0) is 13.0 Å². The third-order valence-electron chi connectivity index (χ3n) is 5.81. The molecule has 32 heavy (non-hydrogen) atoms. The van der Waals surface area contributed by atoms with Crippen LogP contribution in [0.2, 0.25) is 0 Å². The van der Waals surface area contributed by atoms with E-state index >= 15 is 0 Å². The third-order valence-corrected chi connectivity index (χ3v) is 6.96. The number of nitrogens with zero attached hydrogens (tertiary/aromatic N) is 1. The molecular formula is C23H23N3O5S. The lowest BCUT2D eigenvalue weighted by Crippen LogP contribution is -2.38. The Hall–Kier alpha value is -3.30. The van der Waals surface area contributed by atoms with Crippen molar-refractivity contribution in [3.05, 3.63) is 63.9 Å². The number of hydrogen-bond donors (Lipinski definition) is 2. The molecule has 2 aromatic heterocycles. The van der Waals surface area contributed by atoms with Crippen molar-refractivity contribution in [2.24, 2.45) is 0 Å². The van der Waals surface area contributed by atoms with E-state index in [2.05, 4.69) is 22.5 Å². The van der Waals surface area contributed by atoms with Gasteiger partial charge < -0.3 is 24.5 Å². The minimum atomic E-state index is -0.611. The zero-order valence-corrected chi connectivity index (χ0v) is 18.6. The molecule has 0 spiro atoms. The van der Waals surface area contributed by atoms with E-state index in [0.717, 1.165) is 47.7 Å². The summed E-state index contributed by atoms with van der Waals surface area (Å²) in [6, 6.07) is 8.34. The normalized spacial score (nSPS) is 17.7. The van der Waals surface area contributed by atoms with Crippen molar-refractivity contribution in [2.75, 3.05) is 25.5 Å². The van der Waals surface area contributed by atoms with Gasteiger partial charge in [0, 0.05) is 18.0 Å². The lowest BCUT2D eigenvalue weighted by atomic mass is 10.0. The Bertz CT molecular complexity index is 1170. The van der Waals surface area contributed by atoms with Crippen LogP contribution in [0, 0.1) is 0 Å². The summed E-state index contributed by atoms with van der Waals surface area (Å²) in [6.45, 7) is 5.01. The quantitative estimate of drug-likeness (QED) is 0.448. The number of likely N-dealkylation sites (N-methyl/N-ethyl adjacent to an activating group) is 1. The van der Waals surface area contributed by atoms with E-state index in [-0.39, 0.29) is 17.4 Å². The molecule has 2 aliphatic rings. The van der Waals surface area contributed by atoms with Gasteiger partial charge >= 0.3 is 5.97 Å². The molecule has 0 radical (unpaired) electrons. The van der Waals surface area contributed by atoms with Crippen LogP contribution in [-0.4, -0.2) is 37.0 Å². The second-order valence-corrected chi connectivity index (χ2v) is 8.76. The standard InChI is InChI=1S/C23H23N3O5S/c1-3-26-9-8-14-18(12-26)32-22-19(14)21(27)24-20(25-22)13-6-7-15(17(11-13)29-2)31-23(28)16-5-4-10-30-16/h4-7,10-11,20,25H,3,8-9,12H2,1-2H3,(H,24,27)/t20-/m0/s1. The summed E-state index contributed by atoms with van der Waals surface area (Å²) in [7, 11) is 1.50. The second kappa shape index (κ2) is 8.33. The number of esters is 1. The van der Waals surface area contributed by atoms with Gasteiger partial charge in [-0.05, 0) is 48.4 Å². The molecule has 166 valence electrons. The third kappa shape index (κ3) is 3.63. The van der Waals surface area contributed by atoms with Crippen LogP contribution >= 0.6 is 11.3 Å². The highest BCUT2D eigenvalue weighted by Crippen LogP contribution is 2.41. The molecule has 1 amide bonds. The van der Waals surface area contributed by atoms with Crippen molar-refractivity contribution >= 4 is 28.2 Å². The lowest BCUT2D eigenvalue weighted by molar-refractivity contribution is 0.0696. The number of rotatable bonds is 5. The molecule has 0 bridgehead atoms. The number of amides is 1. The van der Waals surface area contributed by atoms with E-state index in [4.69, 9.17) is 13.9 Å². The highest BCUT2D eigenvalue weighted by Gasteiger charge is 2.33. The fourth-order valence-electron chi connectivity index (χ4n) is 4.10. The van der Waals surface area contributed by atoms with Gasteiger partial charge in [-0.1, -0.05) is 13.0 Å². The molecule has 2 aliphatic heterocycles. The summed E-state index contributed by atoms with van der Waals surface area (Å²) in [4.78, 5) is 28.8. The molecule has 1 atom stereocenters. The van der Waals surface area contributed by atoms with Gasteiger partial charge in [-0.15, -0.1) is 11.3 Å². The maximum atomic E-state index is 13.0. The Labute approximate surface area is 189 Å². The average molecular weight is 454 g/mol. The Morgan fingerprint density at radius 3 is 2.91 bits per heavy atom. The average Bonchev–Trinajstić information content (AvgIpc) is 3.46. The van der Waals surface area contributed by atoms with Gasteiger partial charge in [0.2, 0.25) is 5.76 Å². The van der Waals surface area contributed by atoms with Gasteiger partial charge in [-0.2, -0.15) is 0 Å². The fourth-order valence-corrected chi connectivity index (χ4v) is 5.41. The predicted octanol–water partition coefficient (Wildman–Crippen LogP) is 3.80. The largest absolute Gasteiger partial charge is 0.493 e. The number of nitrogens with one attached hydrogen (secondary N) is 2. The highest BCUT2D eigenvalue weighted by molar-refractivity contribution is 7.16. The van der Waals surface area contributed by atoms with E-state index in [1.165, 1.54) is 24.3 Å². The number of furan rings is 1. The monoisotopic (exact) mass is 453 g/mol. The number of benzene rings is 1. The fraction of sp³-hybridized carbons (Fsp3) is 0.304. The van der Waals surface area contributed by atoms with E-state index in [1.54, 1.807) is 35.6 Å². The molecule has 0 unspecified atom stereocenters. The lowest BCUT2D eigenvalue weighted by Gasteiger charge is -2.28. The number of ether oxygens (including phenoxy) is 2. The Kier molecular flexibility index (Phi) is 5.36. The molecule has 5 rings (SSSR count). The maximum Gasteiger partial charge on any atom is 0.379 e. The maximum absolute atomic E-state index is 13.0. The van der Waals surface area contributed by atoms with Gasteiger partial charge in [0.25, 0.3) is 5.91 Å². The number of hydrogen-bond acceptors (Lipinski definition) is 8. The molecule has 0 aliphatic carbocycles. The predicted molar refractivity (Wildman–Crippen MR) is 119 cm³/mol. The van der Waals surface area contributed by atoms with Crippen molar-refractivity contribution in [3.63, 3.8) is 0 Å². The highest BCUT2D eigenvalue weighted by atomic mass is 32.1. The first-order valence-corrected chi connectivity index (χ1v) is 11.3. The first-order chi connectivity index (χ1) is 15.6. The van der Waals surface area contributed by atoms with Crippen LogP contribution in [0.15, 0.2) is 41.0 Å². The van der Waals surface area contributed by atoms with Crippen molar-refractivity contribution in [2.45, 2.75) is 26.1 Å². The SMILES string of the molecule is CCN1CCc2c(sc3c2C(=O)N[C@H](c2ccc(OC(=O)c4ccco4)c(OC)c2)N3)C1. The Morgan fingerprint density at radius 2 is 2.16 bits per heavy atom. The number of thiophene rings is 1. The molecule has 1 aromatic carbocycles. The van der Waals surface area contributed by atoms with E-state index in [1.807, 2.05) is 0 Å². The van der Waals surface area contributed by atoms with E-state index in [0.29, 0.717) is 5.75 Å². The van der Waals surface area contributed by atoms with Crippen LogP contribution in [0.25, 0.3) is 0 Å². The molecule has 0 saturated carbocycles. The van der Waals surface area contributed by atoms with Crippen LogP contribution < -0.4 is 20.1 Å². The van der Waals surface area contributed by atoms with Crippen LogP contribution in [0.1, 0.15) is 50.0 Å². The minimum Gasteiger partial charge on any atom is -0.493 e. The molecule has 8 nitrogen and oxygen atoms in total. The minimum absolute atomic E-state index is 0.0708. The van der Waals surface area contributed by atoms with Crippen molar-refractivity contribution in [1.29, 1.82) is 0 Å². The van der Waals surface area contributed by atoms with E-state index in [9.17, 15) is 9.59 Å². The van der Waals surface area contributed by atoms with Crippen molar-refractivity contribution in [3.8, 4) is 11.5 Å². The van der Waals surface area contributed by atoms with Gasteiger partial charge in [0.15, 0.2) is 11.5 Å². The summed E-state index contributed by atoms with van der Waals surface area (Å²) in [5.41, 5.74) is 2.73. The summed E-state index contributed by atoms with van der Waals surface area (Å²) >= 11 is 1.65. The van der Waals surface area contributed by atoms with Gasteiger partial charge in [-0.3, -0.25) is 9.69 Å². The van der Waals surface area contributed by atoms with Crippen LogP contribution in [0.4, 0.5) is 5.00 Å². The first kappa shape index (κ1) is 20.6. The number of anilines is 1. The summed E-state index contributed by atoms with van der Waals surface area (Å²) < 4.78 is 15.9. The Morgan fingerprint density at radius 1 is 1.28 bits per heavy atom. The van der Waals surface area contributed by atoms with Crippen molar-refractivity contribution < 1.29 is 23.5 Å². The van der Waals surface area contributed by atoms with Gasteiger partial charge in [-0.25, -0.2) is 4.79 Å². The zero-order chi connectivity index (χ0) is 22.2. The molecule has 0 fully saturated rings. The second-order valence-electron chi connectivity index (χ2n) is 7.65. The molecule has 9 heteroatoms. The summed E-state index contributed by atoms with van der Waals surface area (Å²) in [5, 5.41) is 7.40. The number of carbonyl (C=O) groups excluding carboxylic acids is 2. The van der Waals surface area contributed by atoms with E-state index < -0.39 is 12.1 Å². The van der Waals surface area contributed by atoms with Gasteiger partial charge in [0.05, 0.1) is 18.9 Å². The van der Waals surface area contributed by atoms with Gasteiger partial charge in [0.1, 0.15) is 11.2 Å². The topological polar surface area (TPSA) is 93.0 Å². The number of fused-ring (bicyclic) bond motifs is 3. The Balaban J connectivity index is 1.38. The van der Waals surface area contributed by atoms with Crippen molar-refractivity contribution in [1.82, 2.24) is 10.2 Å². The van der Waals surface area contributed by atoms with Crippen LogP contribution in [0.3, 0.4) is 0 Å². The molecule has 3 aromatic rings. The molecule has 0 saturated heterocycles. The molecular weight excluding hydrogens is 430 g/mol. The molecule has 2 N–H and O–H groups in total. The summed E-state index contributed by atoms with van der Waals surface area (Å²) in [6.07, 6.45) is 1.88. The summed E-state index contributed by atoms with van der Waals surface area (Å²) in [5.74, 6) is 0.0757. The molecule has 4 heterocycles. The zero-order valence-electron chi connectivity index (χ0n) is 17.8. The number of methoxy groups -OCH3 is 1. The smallest absolute Gasteiger partial charge is 0.379 e. The first-order valence-electron chi connectivity index (χ1n) is 10.4. The number of carbonyl (C=O) groups is 2.